The van der Waals surface area contributed by atoms with Crippen LogP contribution in [-0.4, -0.2) is 57.0 Å². The molecule has 0 radical (unpaired) electrons. The Balaban J connectivity index is 1.59. The molecule has 4 unspecified atom stereocenters. The van der Waals surface area contributed by atoms with Crippen LogP contribution in [0.25, 0.3) is 6.08 Å². The standard InChI is InChI=1S/C28H42N2O7/c1-14(7-18-13-35-23(12-29)30-18)20-9-22-28(6,37-22)11-17-8-19(17)15(2)25(33)16(3)26(34)27(4,5)21(31)10-24(32)36-20/h7,13,15-17,19-22,25,31,33H,8-12,29H2,1-6H3/b14-7+/t15-,16+,17?,19?,20+,21-,22?,25-,28?/m0/s1. The first-order valence-electron chi connectivity index (χ1n) is 13.4. The number of aromatic nitrogens is 1. The van der Waals surface area contributed by atoms with Gasteiger partial charge in [0.05, 0.1) is 42.3 Å². The molecule has 0 spiro atoms. The maximum absolute atomic E-state index is 13.3. The Morgan fingerprint density at radius 1 is 1.22 bits per heavy atom. The smallest absolute Gasteiger partial charge is 0.309 e. The van der Waals surface area contributed by atoms with Crippen molar-refractivity contribution < 1.29 is 33.7 Å². The van der Waals surface area contributed by atoms with Crippen LogP contribution in [0.3, 0.4) is 0 Å². The Morgan fingerprint density at radius 2 is 1.92 bits per heavy atom. The van der Waals surface area contributed by atoms with Crippen molar-refractivity contribution in [2.75, 3.05) is 0 Å². The Hall–Kier alpha value is -2.07. The van der Waals surface area contributed by atoms with Crippen LogP contribution in [0.15, 0.2) is 16.3 Å². The van der Waals surface area contributed by atoms with Gasteiger partial charge in [-0.15, -0.1) is 0 Å². The van der Waals surface area contributed by atoms with Gasteiger partial charge in [0, 0.05) is 12.3 Å². The maximum atomic E-state index is 13.3. The summed E-state index contributed by atoms with van der Waals surface area (Å²) in [6, 6.07) is 0. The summed E-state index contributed by atoms with van der Waals surface area (Å²) in [6.07, 6.45) is 2.54. The van der Waals surface area contributed by atoms with Crippen molar-refractivity contribution in [1.82, 2.24) is 4.98 Å². The molecule has 1 aliphatic carbocycles. The molecule has 0 aromatic carbocycles. The van der Waals surface area contributed by atoms with Gasteiger partial charge in [0.25, 0.3) is 0 Å². The Bertz CT molecular complexity index is 1050. The van der Waals surface area contributed by atoms with Crippen molar-refractivity contribution in [3.05, 3.63) is 23.4 Å². The number of hydrogen-bond acceptors (Lipinski definition) is 9. The van der Waals surface area contributed by atoms with Gasteiger partial charge in [0.1, 0.15) is 23.8 Å². The van der Waals surface area contributed by atoms with E-state index in [0.29, 0.717) is 29.8 Å². The zero-order valence-electron chi connectivity index (χ0n) is 22.8. The summed E-state index contributed by atoms with van der Waals surface area (Å²) in [5, 5.41) is 22.0. The quantitative estimate of drug-likeness (QED) is 0.405. The van der Waals surface area contributed by atoms with E-state index in [1.165, 1.54) is 6.26 Å². The normalized spacial score (nSPS) is 40.9. The first-order valence-corrected chi connectivity index (χ1v) is 13.4. The van der Waals surface area contributed by atoms with E-state index in [1.54, 1.807) is 26.8 Å². The molecule has 9 heteroatoms. The molecule has 2 saturated heterocycles. The number of nitrogens with two attached hydrogens (primary N) is 1. The summed E-state index contributed by atoms with van der Waals surface area (Å²) < 4.78 is 17.3. The number of fused-ring (bicyclic) bond motifs is 2. The second-order valence-electron chi connectivity index (χ2n) is 12.2. The summed E-state index contributed by atoms with van der Waals surface area (Å²) in [7, 11) is 0. The van der Waals surface area contributed by atoms with E-state index in [4.69, 9.17) is 19.6 Å². The van der Waals surface area contributed by atoms with Gasteiger partial charge < -0.3 is 29.8 Å². The number of carbonyl (C=O) groups is 2. The zero-order chi connectivity index (χ0) is 27.3. The highest BCUT2D eigenvalue weighted by Gasteiger charge is 2.58. The Kier molecular flexibility index (Phi) is 7.74. The number of esters is 1. The molecular formula is C28H42N2O7. The van der Waals surface area contributed by atoms with Gasteiger partial charge in [-0.05, 0) is 56.1 Å². The number of Topliss-reactive ketones (excluding diaryl/α,β-unsaturated/α-hetero) is 1. The molecule has 2 aliphatic heterocycles. The summed E-state index contributed by atoms with van der Waals surface area (Å²) in [5.41, 5.74) is 5.39. The fraction of sp³-hybridized carbons (Fsp3) is 0.750. The molecule has 1 aromatic heterocycles. The van der Waals surface area contributed by atoms with Crippen LogP contribution in [0.5, 0.6) is 0 Å². The van der Waals surface area contributed by atoms with E-state index in [2.05, 4.69) is 11.9 Å². The molecule has 9 nitrogen and oxygen atoms in total. The number of epoxide rings is 1. The summed E-state index contributed by atoms with van der Waals surface area (Å²) in [6.45, 7) is 11.1. The summed E-state index contributed by atoms with van der Waals surface area (Å²) in [5.74, 6) is -0.424. The van der Waals surface area contributed by atoms with E-state index in [-0.39, 0.29) is 36.4 Å². The van der Waals surface area contributed by atoms with Crippen LogP contribution in [-0.2, 0) is 25.6 Å². The number of aliphatic hydroxyl groups is 2. The number of ketones is 1. The van der Waals surface area contributed by atoms with E-state index in [0.717, 1.165) is 18.4 Å². The fourth-order valence-electron chi connectivity index (χ4n) is 6.01. The number of aliphatic hydroxyl groups excluding tert-OH is 2. The lowest BCUT2D eigenvalue weighted by Gasteiger charge is -2.34. The minimum absolute atomic E-state index is 0.0469. The second-order valence-corrected chi connectivity index (χ2v) is 12.2. The van der Waals surface area contributed by atoms with E-state index >= 15 is 0 Å². The van der Waals surface area contributed by atoms with Crippen LogP contribution in [0.1, 0.15) is 78.8 Å². The number of ether oxygens (including phenoxy) is 2. The number of carbonyl (C=O) groups excluding carboxylic acids is 2. The Morgan fingerprint density at radius 3 is 2.57 bits per heavy atom. The molecule has 1 saturated carbocycles. The average molecular weight is 519 g/mol. The lowest BCUT2D eigenvalue weighted by molar-refractivity contribution is -0.154. The molecule has 1 aromatic rings. The number of nitrogens with zero attached hydrogens (tertiary/aromatic N) is 1. The molecule has 37 heavy (non-hydrogen) atoms. The molecule has 206 valence electrons. The van der Waals surface area contributed by atoms with Crippen LogP contribution in [0, 0.1) is 29.1 Å². The van der Waals surface area contributed by atoms with Gasteiger partial charge in [-0.3, -0.25) is 9.59 Å². The van der Waals surface area contributed by atoms with E-state index < -0.39 is 35.6 Å². The van der Waals surface area contributed by atoms with Gasteiger partial charge in [-0.25, -0.2) is 4.98 Å². The van der Waals surface area contributed by atoms with Crippen molar-refractivity contribution >= 4 is 17.8 Å². The topological polar surface area (TPSA) is 148 Å². The molecule has 3 fully saturated rings. The molecule has 4 N–H and O–H groups in total. The van der Waals surface area contributed by atoms with Gasteiger partial charge in [-0.2, -0.15) is 0 Å². The van der Waals surface area contributed by atoms with Crippen molar-refractivity contribution in [2.24, 2.45) is 34.8 Å². The number of cyclic esters (lactones) is 1. The van der Waals surface area contributed by atoms with Gasteiger partial charge in [0.15, 0.2) is 0 Å². The number of rotatable bonds is 3. The highest BCUT2D eigenvalue weighted by atomic mass is 16.6. The summed E-state index contributed by atoms with van der Waals surface area (Å²) in [4.78, 5) is 30.6. The predicted octanol–water partition coefficient (Wildman–Crippen LogP) is 3.02. The van der Waals surface area contributed by atoms with Crippen molar-refractivity contribution in [3.8, 4) is 0 Å². The molecular weight excluding hydrogens is 476 g/mol. The number of hydrogen-bond donors (Lipinski definition) is 3. The molecule has 3 aliphatic rings. The monoisotopic (exact) mass is 518 g/mol. The number of oxazole rings is 1. The third-order valence-electron chi connectivity index (χ3n) is 8.98. The predicted molar refractivity (Wildman–Crippen MR) is 136 cm³/mol. The fourth-order valence-corrected chi connectivity index (χ4v) is 6.01. The van der Waals surface area contributed by atoms with Crippen molar-refractivity contribution in [3.63, 3.8) is 0 Å². The maximum Gasteiger partial charge on any atom is 0.309 e. The van der Waals surface area contributed by atoms with Crippen LogP contribution in [0.2, 0.25) is 0 Å². The lowest BCUT2D eigenvalue weighted by atomic mass is 9.72. The third kappa shape index (κ3) is 5.85. The second kappa shape index (κ2) is 10.2. The van der Waals surface area contributed by atoms with Gasteiger partial charge in [0.2, 0.25) is 5.89 Å². The highest BCUT2D eigenvalue weighted by Crippen LogP contribution is 2.56. The van der Waals surface area contributed by atoms with Crippen molar-refractivity contribution in [1.29, 1.82) is 0 Å². The summed E-state index contributed by atoms with van der Waals surface area (Å²) >= 11 is 0. The molecule has 0 amide bonds. The van der Waals surface area contributed by atoms with Crippen molar-refractivity contribution in [2.45, 2.75) is 104 Å². The third-order valence-corrected chi connectivity index (χ3v) is 8.98. The first-order chi connectivity index (χ1) is 17.3. The molecule has 0 bridgehead atoms. The highest BCUT2D eigenvalue weighted by molar-refractivity contribution is 5.88. The van der Waals surface area contributed by atoms with E-state index in [9.17, 15) is 19.8 Å². The van der Waals surface area contributed by atoms with Crippen LogP contribution < -0.4 is 5.73 Å². The molecule has 9 atom stereocenters. The largest absolute Gasteiger partial charge is 0.458 e. The first kappa shape index (κ1) is 28.0. The average Bonchev–Trinajstić information content (AvgIpc) is 3.68. The minimum atomic E-state index is -1.26. The zero-order valence-corrected chi connectivity index (χ0v) is 22.8. The lowest BCUT2D eigenvalue weighted by Crippen LogP contribution is -2.46. The van der Waals surface area contributed by atoms with Crippen LogP contribution in [0.4, 0.5) is 0 Å². The van der Waals surface area contributed by atoms with Gasteiger partial charge >= 0.3 is 5.97 Å². The minimum Gasteiger partial charge on any atom is -0.458 e. The van der Waals surface area contributed by atoms with Crippen LogP contribution >= 0.6 is 0 Å². The Labute approximate surface area is 218 Å². The molecule has 3 heterocycles. The van der Waals surface area contributed by atoms with E-state index in [1.807, 2.05) is 13.8 Å². The molecule has 4 rings (SSSR count). The van der Waals surface area contributed by atoms with Gasteiger partial charge in [-0.1, -0.05) is 27.7 Å². The SMILES string of the molecule is C/C(=C\c1coc(CN)n1)[C@H]1CC2OC2(C)CC2CC2[C@H](C)[C@H](O)[C@@H](C)C(=O)C(C)(C)[C@@H](O)CC(=O)O1.